The summed E-state index contributed by atoms with van der Waals surface area (Å²) in [5, 5.41) is 8.19. The molecule has 3 aromatic rings. The maximum absolute atomic E-state index is 12.2. The molecule has 1 aromatic carbocycles. The summed E-state index contributed by atoms with van der Waals surface area (Å²) < 4.78 is 27.0. The molecular formula is C11H10N4O2S2. The minimum Gasteiger partial charge on any atom is -0.276 e. The predicted octanol–water partition coefficient (Wildman–Crippen LogP) is 2.13. The van der Waals surface area contributed by atoms with Gasteiger partial charge in [-0.25, -0.2) is 13.4 Å². The van der Waals surface area contributed by atoms with E-state index in [9.17, 15) is 8.42 Å². The van der Waals surface area contributed by atoms with Crippen molar-refractivity contribution in [3.8, 4) is 0 Å². The van der Waals surface area contributed by atoms with Crippen LogP contribution >= 0.6 is 11.3 Å². The van der Waals surface area contributed by atoms with Gasteiger partial charge >= 0.3 is 0 Å². The third kappa shape index (κ3) is 2.20. The SMILES string of the molecule is Cc1ncc(S(=O)(=O)Nc2n[nH]c3ccccc23)s1. The fourth-order valence-corrected chi connectivity index (χ4v) is 3.81. The number of sulfonamides is 1. The predicted molar refractivity (Wildman–Crippen MR) is 73.8 cm³/mol. The quantitative estimate of drug-likeness (QED) is 0.774. The Labute approximate surface area is 113 Å². The van der Waals surface area contributed by atoms with Crippen molar-refractivity contribution in [2.45, 2.75) is 11.1 Å². The number of nitrogens with one attached hydrogen (secondary N) is 2. The van der Waals surface area contributed by atoms with Crippen molar-refractivity contribution in [2.24, 2.45) is 0 Å². The molecule has 0 aliphatic heterocycles. The summed E-state index contributed by atoms with van der Waals surface area (Å²) in [5.74, 6) is 0.293. The molecule has 0 unspecified atom stereocenters. The minimum absolute atomic E-state index is 0.178. The van der Waals surface area contributed by atoms with Crippen LogP contribution in [-0.4, -0.2) is 23.6 Å². The van der Waals surface area contributed by atoms with Crippen molar-refractivity contribution in [2.75, 3.05) is 4.72 Å². The molecule has 0 saturated heterocycles. The van der Waals surface area contributed by atoms with Gasteiger partial charge in [-0.1, -0.05) is 12.1 Å². The number of nitrogens with zero attached hydrogens (tertiary/aromatic N) is 2. The lowest BCUT2D eigenvalue weighted by Gasteiger charge is -2.02. The van der Waals surface area contributed by atoms with E-state index in [4.69, 9.17) is 0 Å². The fourth-order valence-electron chi connectivity index (χ4n) is 1.68. The largest absolute Gasteiger partial charge is 0.276 e. The van der Waals surface area contributed by atoms with Crippen LogP contribution in [-0.2, 0) is 10.0 Å². The average molecular weight is 294 g/mol. The van der Waals surface area contributed by atoms with Gasteiger partial charge in [0, 0.05) is 5.39 Å². The van der Waals surface area contributed by atoms with E-state index in [0.717, 1.165) is 22.2 Å². The van der Waals surface area contributed by atoms with E-state index in [1.807, 2.05) is 18.2 Å². The second kappa shape index (κ2) is 4.32. The van der Waals surface area contributed by atoms with Crippen molar-refractivity contribution in [1.29, 1.82) is 0 Å². The molecule has 2 heterocycles. The highest BCUT2D eigenvalue weighted by Crippen LogP contribution is 2.24. The number of fused-ring (bicyclic) bond motifs is 1. The molecule has 8 heteroatoms. The first-order valence-corrected chi connectivity index (χ1v) is 7.74. The zero-order chi connectivity index (χ0) is 13.5. The van der Waals surface area contributed by atoms with E-state index >= 15 is 0 Å². The first kappa shape index (κ1) is 12.1. The number of thiazole rings is 1. The molecule has 0 radical (unpaired) electrons. The van der Waals surface area contributed by atoms with Crippen LogP contribution in [0.1, 0.15) is 5.01 Å². The van der Waals surface area contributed by atoms with Crippen LogP contribution in [0.15, 0.2) is 34.7 Å². The molecule has 0 amide bonds. The number of aryl methyl sites for hydroxylation is 1. The van der Waals surface area contributed by atoms with Gasteiger partial charge in [0.1, 0.15) is 0 Å². The highest BCUT2D eigenvalue weighted by Gasteiger charge is 2.19. The Bertz CT molecular complexity index is 835. The van der Waals surface area contributed by atoms with Gasteiger partial charge in [0.15, 0.2) is 10.0 Å². The molecule has 0 aliphatic carbocycles. The monoisotopic (exact) mass is 294 g/mol. The Balaban J connectivity index is 2.01. The maximum atomic E-state index is 12.2. The van der Waals surface area contributed by atoms with Crippen LogP contribution in [0.3, 0.4) is 0 Å². The minimum atomic E-state index is -3.63. The molecule has 0 fully saturated rings. The third-order valence-corrected chi connectivity index (χ3v) is 5.28. The Morgan fingerprint density at radius 1 is 1.32 bits per heavy atom. The van der Waals surface area contributed by atoms with Crippen LogP contribution in [0.2, 0.25) is 0 Å². The summed E-state index contributed by atoms with van der Waals surface area (Å²) in [6.07, 6.45) is 1.34. The molecule has 6 nitrogen and oxygen atoms in total. The second-order valence-electron chi connectivity index (χ2n) is 3.92. The standard InChI is InChI=1S/C11H10N4O2S2/c1-7-12-6-10(18-7)19(16,17)15-11-8-4-2-3-5-9(8)13-14-11/h2-6H,1H3,(H2,13,14,15). The van der Waals surface area contributed by atoms with Crippen LogP contribution in [0.4, 0.5) is 5.82 Å². The van der Waals surface area contributed by atoms with E-state index in [1.54, 1.807) is 13.0 Å². The molecule has 2 N–H and O–H groups in total. The van der Waals surface area contributed by atoms with E-state index < -0.39 is 10.0 Å². The van der Waals surface area contributed by atoms with Gasteiger partial charge in [-0.2, -0.15) is 5.10 Å². The number of anilines is 1. The lowest BCUT2D eigenvalue weighted by Crippen LogP contribution is -2.11. The van der Waals surface area contributed by atoms with Gasteiger partial charge < -0.3 is 0 Å². The zero-order valence-electron chi connectivity index (χ0n) is 9.91. The number of aromatic nitrogens is 3. The number of para-hydroxylation sites is 1. The summed E-state index contributed by atoms with van der Waals surface area (Å²) in [6.45, 7) is 1.76. The lowest BCUT2D eigenvalue weighted by molar-refractivity contribution is 0.603. The van der Waals surface area contributed by atoms with Crippen LogP contribution in [0.25, 0.3) is 10.9 Å². The first-order chi connectivity index (χ1) is 9.06. The summed E-state index contributed by atoms with van der Waals surface area (Å²) in [4.78, 5) is 3.95. The van der Waals surface area contributed by atoms with Gasteiger partial charge in [0.05, 0.1) is 16.7 Å². The van der Waals surface area contributed by atoms with Crippen molar-refractivity contribution in [1.82, 2.24) is 15.2 Å². The van der Waals surface area contributed by atoms with Crippen molar-refractivity contribution < 1.29 is 8.42 Å². The van der Waals surface area contributed by atoms with Crippen molar-refractivity contribution in [3.05, 3.63) is 35.5 Å². The van der Waals surface area contributed by atoms with E-state index in [1.165, 1.54) is 6.20 Å². The van der Waals surface area contributed by atoms with Crippen molar-refractivity contribution in [3.63, 3.8) is 0 Å². The highest BCUT2D eigenvalue weighted by atomic mass is 32.2. The Kier molecular flexibility index (Phi) is 2.76. The molecule has 0 aliphatic rings. The summed E-state index contributed by atoms with van der Waals surface area (Å²) in [7, 11) is -3.63. The molecule has 3 rings (SSSR count). The van der Waals surface area contributed by atoms with Crippen molar-refractivity contribution >= 4 is 38.1 Å². The summed E-state index contributed by atoms with van der Waals surface area (Å²) >= 11 is 1.12. The molecule has 0 spiro atoms. The van der Waals surface area contributed by atoms with Crippen LogP contribution in [0, 0.1) is 6.92 Å². The molecule has 0 saturated carbocycles. The Hall–Kier alpha value is -1.93. The zero-order valence-corrected chi connectivity index (χ0v) is 11.5. The van der Waals surface area contributed by atoms with Gasteiger partial charge in [0.25, 0.3) is 10.0 Å². The smallest absolute Gasteiger partial charge is 0.274 e. The third-order valence-electron chi connectivity index (χ3n) is 2.57. The van der Waals surface area contributed by atoms with E-state index in [-0.39, 0.29) is 4.21 Å². The number of H-pyrrole nitrogens is 1. The van der Waals surface area contributed by atoms with E-state index in [0.29, 0.717) is 10.8 Å². The number of hydrogen-bond acceptors (Lipinski definition) is 5. The number of aromatic amines is 1. The number of hydrogen-bond donors (Lipinski definition) is 2. The number of benzene rings is 1. The summed E-state index contributed by atoms with van der Waals surface area (Å²) in [5.41, 5.74) is 0.778. The van der Waals surface area contributed by atoms with Crippen LogP contribution in [0.5, 0.6) is 0 Å². The molecule has 2 aromatic heterocycles. The molecule has 0 bridgehead atoms. The Morgan fingerprint density at radius 3 is 2.84 bits per heavy atom. The topological polar surface area (TPSA) is 87.7 Å². The summed E-state index contributed by atoms with van der Waals surface area (Å²) in [6, 6.07) is 7.31. The maximum Gasteiger partial charge on any atom is 0.274 e. The lowest BCUT2D eigenvalue weighted by atomic mass is 10.2. The van der Waals surface area contributed by atoms with Gasteiger partial charge in [-0.3, -0.25) is 9.82 Å². The van der Waals surface area contributed by atoms with E-state index in [2.05, 4.69) is 19.9 Å². The van der Waals surface area contributed by atoms with Crippen LogP contribution < -0.4 is 4.72 Å². The van der Waals surface area contributed by atoms with Gasteiger partial charge in [-0.05, 0) is 19.1 Å². The fraction of sp³-hybridized carbons (Fsp3) is 0.0909. The normalized spacial score (nSPS) is 11.8. The number of rotatable bonds is 3. The van der Waals surface area contributed by atoms with Gasteiger partial charge in [-0.15, -0.1) is 11.3 Å². The molecular weight excluding hydrogens is 284 g/mol. The molecule has 98 valence electrons. The molecule has 0 atom stereocenters. The second-order valence-corrected chi connectivity index (χ2v) is 7.07. The van der Waals surface area contributed by atoms with Gasteiger partial charge in [0.2, 0.25) is 0 Å². The first-order valence-electron chi connectivity index (χ1n) is 5.44. The molecule has 19 heavy (non-hydrogen) atoms. The highest BCUT2D eigenvalue weighted by molar-refractivity contribution is 7.94. The average Bonchev–Trinajstić information content (AvgIpc) is 2.97. The Morgan fingerprint density at radius 2 is 2.11 bits per heavy atom.